The summed E-state index contributed by atoms with van der Waals surface area (Å²) in [5.74, 6) is 0.791. The number of piperidine rings is 2. The highest BCUT2D eigenvalue weighted by Crippen LogP contribution is 2.38. The van der Waals surface area contributed by atoms with Gasteiger partial charge < -0.3 is 15.1 Å². The number of amides is 2. The third kappa shape index (κ3) is 3.91. The number of hydroxylamine groups is 2. The Hall–Kier alpha value is -1.80. The topological polar surface area (TPSA) is 155 Å². The molecule has 27 heavy (non-hydrogen) atoms. The van der Waals surface area contributed by atoms with Crippen LogP contribution in [-0.2, 0) is 21.2 Å². The van der Waals surface area contributed by atoms with E-state index in [2.05, 4.69) is 19.4 Å². The molecule has 0 aliphatic carbocycles. The van der Waals surface area contributed by atoms with Crippen LogP contribution in [-0.4, -0.2) is 75.8 Å². The van der Waals surface area contributed by atoms with E-state index in [1.165, 1.54) is 4.90 Å². The van der Waals surface area contributed by atoms with Crippen molar-refractivity contribution < 1.29 is 26.5 Å². The minimum atomic E-state index is -4.76. The predicted octanol–water partition coefficient (Wildman–Crippen LogP) is -0.332. The number of rotatable bonds is 5. The van der Waals surface area contributed by atoms with Gasteiger partial charge in [-0.25, -0.2) is 4.79 Å². The summed E-state index contributed by atoms with van der Waals surface area (Å²) in [6, 6.07) is -1.30. The SMILES string of the molecule is NC1CCN(Cc2nnc([C@@H]3CC[C@@H]4CN3C(=O)N4OS(=O)(=O)O)o2)CC1. The molecule has 13 heteroatoms. The van der Waals surface area contributed by atoms with E-state index in [1.54, 1.807) is 0 Å². The van der Waals surface area contributed by atoms with Gasteiger partial charge in [0.25, 0.3) is 0 Å². The smallest absolute Gasteiger partial charge is 0.418 e. The monoisotopic (exact) mass is 402 g/mol. The first kappa shape index (κ1) is 18.6. The molecule has 3 N–H and O–H groups in total. The molecular weight excluding hydrogens is 380 g/mol. The highest BCUT2D eigenvalue weighted by atomic mass is 32.3. The van der Waals surface area contributed by atoms with E-state index in [9.17, 15) is 13.2 Å². The summed E-state index contributed by atoms with van der Waals surface area (Å²) in [7, 11) is -4.76. The van der Waals surface area contributed by atoms with E-state index in [1.807, 2.05) is 0 Å². The average molecular weight is 402 g/mol. The van der Waals surface area contributed by atoms with Gasteiger partial charge in [-0.3, -0.25) is 9.45 Å². The average Bonchev–Trinajstić information content (AvgIpc) is 3.16. The van der Waals surface area contributed by atoms with Gasteiger partial charge in [-0.05, 0) is 25.7 Å². The first-order valence-electron chi connectivity index (χ1n) is 8.87. The van der Waals surface area contributed by atoms with Crippen LogP contribution in [0.4, 0.5) is 4.79 Å². The van der Waals surface area contributed by atoms with Gasteiger partial charge in [0, 0.05) is 25.7 Å². The molecule has 0 radical (unpaired) electrons. The lowest BCUT2D eigenvalue weighted by Gasteiger charge is -2.29. The number of nitrogens with zero attached hydrogens (tertiary/aromatic N) is 5. The largest absolute Gasteiger partial charge is 0.422 e. The molecule has 2 amide bonds. The molecule has 3 fully saturated rings. The van der Waals surface area contributed by atoms with Crippen LogP contribution < -0.4 is 5.73 Å². The zero-order valence-corrected chi connectivity index (χ0v) is 15.4. The Kier molecular flexibility index (Phi) is 4.80. The molecule has 0 spiro atoms. The number of aromatic nitrogens is 2. The second-order valence-corrected chi connectivity index (χ2v) is 8.16. The fourth-order valence-corrected chi connectivity index (χ4v) is 4.24. The van der Waals surface area contributed by atoms with E-state index < -0.39 is 28.5 Å². The maximum atomic E-state index is 12.4. The molecule has 2 bridgehead atoms. The van der Waals surface area contributed by atoms with E-state index in [-0.39, 0.29) is 12.6 Å². The summed E-state index contributed by atoms with van der Waals surface area (Å²) in [6.45, 7) is 2.54. The van der Waals surface area contributed by atoms with E-state index in [0.29, 0.717) is 36.2 Å². The van der Waals surface area contributed by atoms with Crippen LogP contribution >= 0.6 is 0 Å². The minimum Gasteiger partial charge on any atom is -0.422 e. The Morgan fingerprint density at radius 1 is 1.22 bits per heavy atom. The molecule has 4 rings (SSSR count). The van der Waals surface area contributed by atoms with Crippen molar-refractivity contribution in [1.82, 2.24) is 25.1 Å². The fraction of sp³-hybridized carbons (Fsp3) is 0.786. The summed E-state index contributed by atoms with van der Waals surface area (Å²) >= 11 is 0. The number of nitrogens with two attached hydrogens (primary N) is 1. The van der Waals surface area contributed by atoms with E-state index >= 15 is 0 Å². The molecule has 12 nitrogen and oxygen atoms in total. The maximum absolute atomic E-state index is 12.4. The van der Waals surface area contributed by atoms with Crippen molar-refractivity contribution in [3.8, 4) is 0 Å². The molecule has 4 heterocycles. The number of hydrogen-bond donors (Lipinski definition) is 2. The van der Waals surface area contributed by atoms with Gasteiger partial charge >= 0.3 is 16.4 Å². The zero-order valence-electron chi connectivity index (χ0n) is 14.6. The van der Waals surface area contributed by atoms with Crippen LogP contribution in [0, 0.1) is 0 Å². The first-order valence-corrected chi connectivity index (χ1v) is 10.2. The Bertz CT molecular complexity index is 807. The Morgan fingerprint density at radius 2 is 1.96 bits per heavy atom. The van der Waals surface area contributed by atoms with Crippen LogP contribution in [0.2, 0.25) is 0 Å². The highest BCUT2D eigenvalue weighted by molar-refractivity contribution is 7.80. The number of carbonyl (C=O) groups is 1. The molecule has 3 saturated heterocycles. The lowest BCUT2D eigenvalue weighted by Crippen LogP contribution is -2.39. The third-order valence-corrected chi connectivity index (χ3v) is 5.60. The Morgan fingerprint density at radius 3 is 2.67 bits per heavy atom. The molecule has 2 atom stereocenters. The zero-order chi connectivity index (χ0) is 19.2. The molecule has 1 aromatic heterocycles. The molecule has 150 valence electrons. The fourth-order valence-electron chi connectivity index (χ4n) is 3.86. The van der Waals surface area contributed by atoms with Gasteiger partial charge in [0.15, 0.2) is 0 Å². The first-order chi connectivity index (χ1) is 12.8. The summed E-state index contributed by atoms with van der Waals surface area (Å²) in [4.78, 5) is 16.1. The Balaban J connectivity index is 1.43. The maximum Gasteiger partial charge on any atom is 0.418 e. The summed E-state index contributed by atoms with van der Waals surface area (Å²) < 4.78 is 40.9. The summed E-state index contributed by atoms with van der Waals surface area (Å²) in [5.41, 5.74) is 5.91. The van der Waals surface area contributed by atoms with Crippen molar-refractivity contribution >= 4 is 16.4 Å². The molecule has 0 unspecified atom stereocenters. The van der Waals surface area contributed by atoms with Crippen LogP contribution in [0.5, 0.6) is 0 Å². The third-order valence-electron chi connectivity index (χ3n) is 5.26. The number of fused-ring (bicyclic) bond motifs is 2. The van der Waals surface area contributed by atoms with Crippen molar-refractivity contribution in [2.45, 2.75) is 50.4 Å². The number of likely N-dealkylation sites (tertiary alicyclic amines) is 1. The molecule has 0 aromatic carbocycles. The van der Waals surface area contributed by atoms with Crippen LogP contribution in [0.1, 0.15) is 43.5 Å². The number of hydrogen-bond acceptors (Lipinski definition) is 9. The lowest BCUT2D eigenvalue weighted by molar-refractivity contribution is -0.0317. The second kappa shape index (κ2) is 6.98. The predicted molar refractivity (Wildman–Crippen MR) is 89.1 cm³/mol. The summed E-state index contributed by atoms with van der Waals surface area (Å²) in [5, 5.41) is 8.86. The van der Waals surface area contributed by atoms with Gasteiger partial charge in [-0.1, -0.05) is 0 Å². The van der Waals surface area contributed by atoms with Crippen molar-refractivity contribution in [3.63, 3.8) is 0 Å². The van der Waals surface area contributed by atoms with E-state index in [0.717, 1.165) is 25.9 Å². The van der Waals surface area contributed by atoms with Crippen LogP contribution in [0.25, 0.3) is 0 Å². The van der Waals surface area contributed by atoms with Gasteiger partial charge in [0.05, 0.1) is 12.6 Å². The summed E-state index contributed by atoms with van der Waals surface area (Å²) in [6.07, 6.45) is 2.87. The molecule has 0 saturated carbocycles. The lowest BCUT2D eigenvalue weighted by atomic mass is 10.0. The Labute approximate surface area is 156 Å². The molecule has 3 aliphatic heterocycles. The normalized spacial score (nSPS) is 27.6. The van der Waals surface area contributed by atoms with Gasteiger partial charge in [0.2, 0.25) is 11.8 Å². The van der Waals surface area contributed by atoms with Crippen molar-refractivity contribution in [2.24, 2.45) is 5.73 Å². The van der Waals surface area contributed by atoms with Gasteiger partial charge in [0.1, 0.15) is 6.04 Å². The molecular formula is C14H22N6O6S. The van der Waals surface area contributed by atoms with Crippen molar-refractivity contribution in [3.05, 3.63) is 11.8 Å². The number of urea groups is 1. The van der Waals surface area contributed by atoms with Gasteiger partial charge in [-0.15, -0.1) is 14.5 Å². The number of carbonyl (C=O) groups excluding carboxylic acids is 1. The van der Waals surface area contributed by atoms with Crippen LogP contribution in [0.3, 0.4) is 0 Å². The molecule has 3 aliphatic rings. The van der Waals surface area contributed by atoms with E-state index in [4.69, 9.17) is 14.7 Å². The minimum absolute atomic E-state index is 0.240. The van der Waals surface area contributed by atoms with Crippen molar-refractivity contribution in [1.29, 1.82) is 0 Å². The van der Waals surface area contributed by atoms with Gasteiger partial charge in [-0.2, -0.15) is 13.5 Å². The molecule has 1 aromatic rings. The van der Waals surface area contributed by atoms with Crippen molar-refractivity contribution in [2.75, 3.05) is 19.6 Å². The standard InChI is InChI=1S/C14H22N6O6S/c15-9-3-5-18(6-4-9)8-12-16-17-13(25-12)11-2-1-10-7-19(11)14(21)20(10)26-27(22,23)24/h9-11H,1-8,15H2,(H,22,23,24)/t10-,11+/m1/s1. The second-order valence-electron chi connectivity index (χ2n) is 7.16. The quantitative estimate of drug-likeness (QED) is 0.625. The highest BCUT2D eigenvalue weighted by Gasteiger charge is 2.49. The van der Waals surface area contributed by atoms with Crippen LogP contribution in [0.15, 0.2) is 4.42 Å².